The lowest BCUT2D eigenvalue weighted by atomic mass is 10.1. The molecule has 1 unspecified atom stereocenters. The van der Waals surface area contributed by atoms with Gasteiger partial charge in [0.15, 0.2) is 0 Å². The van der Waals surface area contributed by atoms with Crippen molar-refractivity contribution < 1.29 is 24.1 Å². The van der Waals surface area contributed by atoms with E-state index in [4.69, 9.17) is 20.7 Å². The summed E-state index contributed by atoms with van der Waals surface area (Å²) < 4.78 is 18.9. The molecule has 0 spiro atoms. The summed E-state index contributed by atoms with van der Waals surface area (Å²) in [5.74, 6) is 4.76. The zero-order chi connectivity index (χ0) is 16.1. The van der Waals surface area contributed by atoms with E-state index < -0.39 is 24.1 Å². The zero-order valence-electron chi connectivity index (χ0n) is 11.8. The number of carbonyl (C=O) groups is 1. The van der Waals surface area contributed by atoms with E-state index in [9.17, 15) is 9.18 Å². The van der Waals surface area contributed by atoms with Crippen LogP contribution in [0.3, 0.4) is 0 Å². The number of carbonyl (C=O) groups excluding carboxylic acids is 1. The van der Waals surface area contributed by atoms with Gasteiger partial charge in [-0.15, -0.1) is 0 Å². The summed E-state index contributed by atoms with van der Waals surface area (Å²) in [7, 11) is 0. The molecule has 4 N–H and O–H groups in total. The molecular weight excluding hydrogens is 291 g/mol. The summed E-state index contributed by atoms with van der Waals surface area (Å²) in [6.07, 6.45) is -0.963. The normalized spacial score (nSPS) is 18.6. The highest BCUT2D eigenvalue weighted by atomic mass is 19.1. The second-order valence-electron chi connectivity index (χ2n) is 4.91. The van der Waals surface area contributed by atoms with E-state index in [2.05, 4.69) is 11.8 Å². The van der Waals surface area contributed by atoms with Gasteiger partial charge in [0.05, 0.1) is 31.0 Å². The van der Waals surface area contributed by atoms with Crippen molar-refractivity contribution in [1.29, 1.82) is 0 Å². The third kappa shape index (κ3) is 3.74. The van der Waals surface area contributed by atoms with Crippen molar-refractivity contribution in [2.45, 2.75) is 18.6 Å². The van der Waals surface area contributed by atoms with Crippen LogP contribution in [-0.4, -0.2) is 48.2 Å². The molecule has 1 amide bonds. The highest BCUT2D eigenvalue weighted by Gasteiger charge is 2.32. The van der Waals surface area contributed by atoms with Crippen LogP contribution in [0.2, 0.25) is 0 Å². The lowest BCUT2D eigenvalue weighted by Gasteiger charge is -2.13. The third-order valence-electron chi connectivity index (χ3n) is 3.16. The Bertz CT molecular complexity index is 611. The van der Waals surface area contributed by atoms with Crippen LogP contribution >= 0.6 is 0 Å². The molecular formula is C15H17FN2O4. The van der Waals surface area contributed by atoms with Crippen LogP contribution in [0.4, 0.5) is 14.9 Å². The van der Waals surface area contributed by atoms with Gasteiger partial charge in [-0.3, -0.25) is 4.90 Å². The Morgan fingerprint density at radius 3 is 2.86 bits per heavy atom. The van der Waals surface area contributed by atoms with E-state index in [0.717, 1.165) is 0 Å². The second-order valence-corrected chi connectivity index (χ2v) is 4.91. The average Bonchev–Trinajstić information content (AvgIpc) is 2.89. The predicted octanol–water partition coefficient (Wildman–Crippen LogP) is 0.204. The number of rotatable bonds is 4. The van der Waals surface area contributed by atoms with E-state index in [1.165, 1.54) is 17.0 Å². The van der Waals surface area contributed by atoms with Gasteiger partial charge in [-0.05, 0) is 18.2 Å². The number of amides is 1. The minimum absolute atomic E-state index is 0.172. The molecule has 0 aromatic heterocycles. The van der Waals surface area contributed by atoms with Crippen LogP contribution in [-0.2, 0) is 4.74 Å². The van der Waals surface area contributed by atoms with E-state index in [0.29, 0.717) is 5.69 Å². The fourth-order valence-electron chi connectivity index (χ4n) is 1.94. The largest absolute Gasteiger partial charge is 0.441 e. The summed E-state index contributed by atoms with van der Waals surface area (Å²) in [5, 5.41) is 17.8. The summed E-state index contributed by atoms with van der Waals surface area (Å²) >= 11 is 0. The maximum Gasteiger partial charge on any atom is 0.414 e. The average molecular weight is 308 g/mol. The number of aliphatic hydroxyl groups is 2. The highest BCUT2D eigenvalue weighted by Crippen LogP contribution is 2.23. The summed E-state index contributed by atoms with van der Waals surface area (Å²) in [4.78, 5) is 12.9. The molecule has 1 fully saturated rings. The lowest BCUT2D eigenvalue weighted by molar-refractivity contribution is 0.0963. The van der Waals surface area contributed by atoms with Gasteiger partial charge in [-0.2, -0.15) is 0 Å². The fourth-order valence-corrected chi connectivity index (χ4v) is 1.94. The molecule has 0 aliphatic carbocycles. The molecule has 0 saturated carbocycles. The summed E-state index contributed by atoms with van der Waals surface area (Å²) in [5.41, 5.74) is 6.02. The minimum atomic E-state index is -0.619. The van der Waals surface area contributed by atoms with Crippen LogP contribution in [0.25, 0.3) is 0 Å². The first-order chi connectivity index (χ1) is 10.5. The topological polar surface area (TPSA) is 96.0 Å². The van der Waals surface area contributed by atoms with E-state index in [1.54, 1.807) is 6.07 Å². The van der Waals surface area contributed by atoms with Crippen molar-refractivity contribution in [3.63, 3.8) is 0 Å². The van der Waals surface area contributed by atoms with Crippen LogP contribution < -0.4 is 10.6 Å². The summed E-state index contributed by atoms with van der Waals surface area (Å²) in [6.45, 7) is -0.288. The maximum atomic E-state index is 14.0. The Labute approximate surface area is 127 Å². The van der Waals surface area contributed by atoms with Crippen molar-refractivity contribution in [3.8, 4) is 11.8 Å². The summed E-state index contributed by atoms with van der Waals surface area (Å²) in [6, 6.07) is 3.75. The van der Waals surface area contributed by atoms with Gasteiger partial charge >= 0.3 is 6.09 Å². The van der Waals surface area contributed by atoms with Crippen molar-refractivity contribution in [3.05, 3.63) is 29.6 Å². The highest BCUT2D eigenvalue weighted by molar-refractivity contribution is 5.89. The number of hydrogen-bond acceptors (Lipinski definition) is 5. The van der Waals surface area contributed by atoms with Gasteiger partial charge in [0, 0.05) is 12.5 Å². The van der Waals surface area contributed by atoms with E-state index >= 15 is 0 Å². The van der Waals surface area contributed by atoms with Crippen molar-refractivity contribution in [2.24, 2.45) is 5.73 Å². The number of halogens is 1. The SMILES string of the molecule is NC(CO)CC#Cc1ccc(N2C[C@H](CO)OC2=O)cc1F. The van der Waals surface area contributed by atoms with Crippen molar-refractivity contribution in [2.75, 3.05) is 24.7 Å². The maximum absolute atomic E-state index is 14.0. The second kappa shape index (κ2) is 7.22. The number of aliphatic hydroxyl groups excluding tert-OH is 2. The van der Waals surface area contributed by atoms with E-state index in [1.807, 2.05) is 0 Å². The molecule has 7 heteroatoms. The van der Waals surface area contributed by atoms with Crippen molar-refractivity contribution >= 4 is 11.8 Å². The molecule has 1 saturated heterocycles. The molecule has 0 bridgehead atoms. The van der Waals surface area contributed by atoms with Gasteiger partial charge in [0.1, 0.15) is 11.9 Å². The Hall–Kier alpha value is -2.14. The number of ether oxygens (including phenoxy) is 1. The minimum Gasteiger partial charge on any atom is -0.441 e. The number of cyclic esters (lactones) is 1. The standard InChI is InChI=1S/C15H17FN2O4/c16-14-6-12(18-7-13(9-20)22-15(18)21)5-4-10(14)2-1-3-11(17)8-19/h4-6,11,13,19-20H,3,7-9,17H2/t11?,13-/m1/s1. The Morgan fingerprint density at radius 1 is 1.50 bits per heavy atom. The molecule has 1 aliphatic rings. The first-order valence-electron chi connectivity index (χ1n) is 6.79. The fraction of sp³-hybridized carbons (Fsp3) is 0.400. The smallest absolute Gasteiger partial charge is 0.414 e. The number of nitrogens with zero attached hydrogens (tertiary/aromatic N) is 1. The first kappa shape index (κ1) is 16.2. The van der Waals surface area contributed by atoms with Crippen LogP contribution in [0.15, 0.2) is 18.2 Å². The van der Waals surface area contributed by atoms with Crippen molar-refractivity contribution in [1.82, 2.24) is 0 Å². The van der Waals surface area contributed by atoms with Crippen LogP contribution in [0.5, 0.6) is 0 Å². The van der Waals surface area contributed by atoms with Gasteiger partial charge in [0.25, 0.3) is 0 Å². The van der Waals surface area contributed by atoms with Gasteiger partial charge < -0.3 is 20.7 Å². The molecule has 2 rings (SSSR count). The molecule has 2 atom stereocenters. The molecule has 1 aromatic carbocycles. The molecule has 6 nitrogen and oxygen atoms in total. The van der Waals surface area contributed by atoms with Gasteiger partial charge in [-0.1, -0.05) is 11.8 Å². The molecule has 22 heavy (non-hydrogen) atoms. The molecule has 0 radical (unpaired) electrons. The molecule has 1 aliphatic heterocycles. The van der Waals surface area contributed by atoms with Crippen LogP contribution in [0, 0.1) is 17.7 Å². The van der Waals surface area contributed by atoms with E-state index in [-0.39, 0.29) is 31.7 Å². The zero-order valence-corrected chi connectivity index (χ0v) is 11.8. The molecule has 1 heterocycles. The Morgan fingerprint density at radius 2 is 2.27 bits per heavy atom. The molecule has 118 valence electrons. The Balaban J connectivity index is 2.11. The van der Waals surface area contributed by atoms with Gasteiger partial charge in [0.2, 0.25) is 0 Å². The number of anilines is 1. The number of benzene rings is 1. The quantitative estimate of drug-likeness (QED) is 0.691. The Kier molecular flexibility index (Phi) is 5.33. The van der Waals surface area contributed by atoms with Crippen LogP contribution in [0.1, 0.15) is 12.0 Å². The lowest BCUT2D eigenvalue weighted by Crippen LogP contribution is -2.25. The number of nitrogens with two attached hydrogens (primary N) is 1. The first-order valence-corrected chi connectivity index (χ1v) is 6.79. The third-order valence-corrected chi connectivity index (χ3v) is 3.16. The predicted molar refractivity (Wildman–Crippen MR) is 77.7 cm³/mol. The number of hydrogen-bond donors (Lipinski definition) is 3. The monoisotopic (exact) mass is 308 g/mol. The van der Waals surface area contributed by atoms with Gasteiger partial charge in [-0.25, -0.2) is 9.18 Å². The molecule has 1 aromatic rings.